The molecule has 0 aliphatic carbocycles. The van der Waals surface area contributed by atoms with Crippen molar-refractivity contribution in [1.82, 2.24) is 9.80 Å². The van der Waals surface area contributed by atoms with E-state index in [0.29, 0.717) is 13.0 Å². The minimum absolute atomic E-state index is 0.234. The molecule has 0 aromatic carbocycles. The molecule has 6 nitrogen and oxygen atoms in total. The first-order valence-electron chi connectivity index (χ1n) is 7.52. The lowest BCUT2D eigenvalue weighted by atomic mass is 10.2. The van der Waals surface area contributed by atoms with Crippen LogP contribution in [-0.2, 0) is 14.3 Å². The van der Waals surface area contributed by atoms with E-state index in [1.165, 1.54) is 0 Å². The number of carbonyl (C=O) groups excluding carboxylic acids is 1. The summed E-state index contributed by atoms with van der Waals surface area (Å²) in [6, 6.07) is 2.13. The Kier molecular flexibility index (Phi) is 7.65. The van der Waals surface area contributed by atoms with Crippen molar-refractivity contribution in [3.8, 4) is 6.07 Å². The van der Waals surface area contributed by atoms with Gasteiger partial charge in [0, 0.05) is 39.1 Å². The number of carbonyl (C=O) groups is 1. The summed E-state index contributed by atoms with van der Waals surface area (Å²) < 4.78 is 10.7. The highest BCUT2D eigenvalue weighted by molar-refractivity contribution is 5.72. The third kappa shape index (κ3) is 8.66. The standard InChI is InChI=1S/C15H27N3O3/c1-15(2,3)21-14(19)13-18(6-4-5-16)8-7-17-9-11-20-12-10-17/h4,6-13H2,1-3H3. The predicted octanol–water partition coefficient (Wildman–Crippen LogP) is 0.876. The van der Waals surface area contributed by atoms with Gasteiger partial charge in [-0.25, -0.2) is 0 Å². The lowest BCUT2D eigenvalue weighted by Crippen LogP contribution is -2.43. The molecule has 0 saturated carbocycles. The topological polar surface area (TPSA) is 65.8 Å². The number of esters is 1. The van der Waals surface area contributed by atoms with Crippen LogP contribution in [0, 0.1) is 11.3 Å². The molecule has 0 atom stereocenters. The number of morpholine rings is 1. The van der Waals surface area contributed by atoms with Gasteiger partial charge in [0.2, 0.25) is 0 Å². The first kappa shape index (κ1) is 17.9. The lowest BCUT2D eigenvalue weighted by molar-refractivity contribution is -0.156. The molecule has 0 spiro atoms. The summed E-state index contributed by atoms with van der Waals surface area (Å²) in [6.07, 6.45) is 0.423. The second-order valence-electron chi connectivity index (χ2n) is 6.22. The molecule has 1 heterocycles. The van der Waals surface area contributed by atoms with Crippen molar-refractivity contribution in [2.24, 2.45) is 0 Å². The maximum Gasteiger partial charge on any atom is 0.320 e. The molecule has 0 aromatic rings. The van der Waals surface area contributed by atoms with Crippen molar-refractivity contribution < 1.29 is 14.3 Å². The zero-order chi connectivity index (χ0) is 15.7. The molecule has 0 amide bonds. The van der Waals surface area contributed by atoms with Crippen molar-refractivity contribution >= 4 is 5.97 Å². The fraction of sp³-hybridized carbons (Fsp3) is 0.867. The zero-order valence-corrected chi connectivity index (χ0v) is 13.4. The van der Waals surface area contributed by atoms with E-state index in [0.717, 1.165) is 39.4 Å². The Morgan fingerprint density at radius 2 is 2.00 bits per heavy atom. The molecular weight excluding hydrogens is 270 g/mol. The smallest absolute Gasteiger partial charge is 0.320 e. The van der Waals surface area contributed by atoms with Crippen LogP contribution in [0.3, 0.4) is 0 Å². The van der Waals surface area contributed by atoms with Gasteiger partial charge in [-0.05, 0) is 20.8 Å². The van der Waals surface area contributed by atoms with Gasteiger partial charge in [-0.15, -0.1) is 0 Å². The largest absolute Gasteiger partial charge is 0.459 e. The van der Waals surface area contributed by atoms with E-state index in [9.17, 15) is 4.79 Å². The molecule has 120 valence electrons. The second-order valence-corrected chi connectivity index (χ2v) is 6.22. The monoisotopic (exact) mass is 297 g/mol. The molecule has 21 heavy (non-hydrogen) atoms. The van der Waals surface area contributed by atoms with Gasteiger partial charge in [0.1, 0.15) is 5.60 Å². The van der Waals surface area contributed by atoms with Crippen molar-refractivity contribution in [3.63, 3.8) is 0 Å². The summed E-state index contributed by atoms with van der Waals surface area (Å²) in [7, 11) is 0. The van der Waals surface area contributed by atoms with Crippen molar-refractivity contribution in [3.05, 3.63) is 0 Å². The highest BCUT2D eigenvalue weighted by Gasteiger charge is 2.19. The molecule has 1 aliphatic heterocycles. The Hall–Kier alpha value is -1.16. The molecule has 0 aromatic heterocycles. The number of hydrogen-bond donors (Lipinski definition) is 0. The molecule has 1 rings (SSSR count). The van der Waals surface area contributed by atoms with E-state index in [-0.39, 0.29) is 12.5 Å². The van der Waals surface area contributed by atoms with Crippen LogP contribution < -0.4 is 0 Å². The SMILES string of the molecule is CC(C)(C)OC(=O)CN(CCC#N)CCN1CCOCC1. The van der Waals surface area contributed by atoms with Gasteiger partial charge < -0.3 is 9.47 Å². The molecule has 1 fully saturated rings. The number of rotatable bonds is 7. The maximum absolute atomic E-state index is 11.9. The lowest BCUT2D eigenvalue weighted by Gasteiger charge is -2.30. The molecule has 0 N–H and O–H groups in total. The first-order valence-corrected chi connectivity index (χ1v) is 7.52. The van der Waals surface area contributed by atoms with Crippen LogP contribution in [0.25, 0.3) is 0 Å². The minimum atomic E-state index is -0.470. The third-order valence-corrected chi connectivity index (χ3v) is 3.15. The molecular formula is C15H27N3O3. The number of nitriles is 1. The summed E-state index contributed by atoms with van der Waals surface area (Å²) in [4.78, 5) is 16.2. The van der Waals surface area contributed by atoms with Crippen LogP contribution in [0.5, 0.6) is 0 Å². The van der Waals surface area contributed by atoms with Crippen LogP contribution in [-0.4, -0.2) is 73.9 Å². The van der Waals surface area contributed by atoms with Crippen molar-refractivity contribution in [2.75, 3.05) is 52.5 Å². The van der Waals surface area contributed by atoms with Gasteiger partial charge in [-0.1, -0.05) is 0 Å². The van der Waals surface area contributed by atoms with E-state index in [4.69, 9.17) is 14.7 Å². The van der Waals surface area contributed by atoms with E-state index in [1.54, 1.807) is 0 Å². The van der Waals surface area contributed by atoms with E-state index >= 15 is 0 Å². The molecule has 0 bridgehead atoms. The summed E-state index contributed by atoms with van der Waals surface area (Å²) in [5.41, 5.74) is -0.470. The quantitative estimate of drug-likeness (QED) is 0.650. The fourth-order valence-corrected chi connectivity index (χ4v) is 2.14. The molecule has 0 radical (unpaired) electrons. The summed E-state index contributed by atoms with van der Waals surface area (Å²) in [6.45, 7) is 11.5. The summed E-state index contributed by atoms with van der Waals surface area (Å²) >= 11 is 0. The minimum Gasteiger partial charge on any atom is -0.459 e. The average Bonchev–Trinajstić information content (AvgIpc) is 2.41. The Labute approximate surface area is 127 Å². The maximum atomic E-state index is 11.9. The normalized spacial score (nSPS) is 16.7. The highest BCUT2D eigenvalue weighted by Crippen LogP contribution is 2.08. The van der Waals surface area contributed by atoms with E-state index in [2.05, 4.69) is 11.0 Å². The zero-order valence-electron chi connectivity index (χ0n) is 13.4. The average molecular weight is 297 g/mol. The Balaban J connectivity index is 2.39. The predicted molar refractivity (Wildman–Crippen MR) is 79.8 cm³/mol. The molecule has 0 unspecified atom stereocenters. The van der Waals surface area contributed by atoms with Gasteiger partial charge in [0.05, 0.1) is 25.8 Å². The van der Waals surface area contributed by atoms with Crippen LogP contribution in [0.2, 0.25) is 0 Å². The Bertz CT molecular complexity index is 354. The van der Waals surface area contributed by atoms with Gasteiger partial charge in [0.15, 0.2) is 0 Å². The van der Waals surface area contributed by atoms with E-state index in [1.807, 2.05) is 25.7 Å². The van der Waals surface area contributed by atoms with Crippen molar-refractivity contribution in [2.45, 2.75) is 32.8 Å². The number of ether oxygens (including phenoxy) is 2. The highest BCUT2D eigenvalue weighted by atomic mass is 16.6. The van der Waals surface area contributed by atoms with Crippen LogP contribution in [0.15, 0.2) is 0 Å². The van der Waals surface area contributed by atoms with Gasteiger partial charge >= 0.3 is 5.97 Å². The van der Waals surface area contributed by atoms with Gasteiger partial charge in [-0.2, -0.15) is 5.26 Å². The van der Waals surface area contributed by atoms with Gasteiger partial charge in [0.25, 0.3) is 0 Å². The van der Waals surface area contributed by atoms with Crippen LogP contribution >= 0.6 is 0 Å². The summed E-state index contributed by atoms with van der Waals surface area (Å²) in [5.74, 6) is -0.234. The third-order valence-electron chi connectivity index (χ3n) is 3.15. The molecule has 6 heteroatoms. The summed E-state index contributed by atoms with van der Waals surface area (Å²) in [5, 5.41) is 8.73. The van der Waals surface area contributed by atoms with E-state index < -0.39 is 5.60 Å². The second kappa shape index (κ2) is 8.98. The fourth-order valence-electron chi connectivity index (χ4n) is 2.14. The Morgan fingerprint density at radius 3 is 2.57 bits per heavy atom. The Morgan fingerprint density at radius 1 is 1.33 bits per heavy atom. The number of hydrogen-bond acceptors (Lipinski definition) is 6. The van der Waals surface area contributed by atoms with Crippen molar-refractivity contribution in [1.29, 1.82) is 5.26 Å². The number of nitrogens with zero attached hydrogens (tertiary/aromatic N) is 3. The van der Waals surface area contributed by atoms with Crippen LogP contribution in [0.4, 0.5) is 0 Å². The molecule has 1 saturated heterocycles. The van der Waals surface area contributed by atoms with Gasteiger partial charge in [-0.3, -0.25) is 14.6 Å². The van der Waals surface area contributed by atoms with Crippen LogP contribution in [0.1, 0.15) is 27.2 Å². The first-order chi connectivity index (χ1) is 9.90. The molecule has 1 aliphatic rings.